The Morgan fingerprint density at radius 3 is 2.68 bits per heavy atom. The molecule has 0 saturated carbocycles. The number of nitro groups is 1. The van der Waals surface area contributed by atoms with Gasteiger partial charge in [0.05, 0.1) is 10.4 Å². The Hall–Kier alpha value is -2.86. The molecular formula is C19H21N3O3. The highest BCUT2D eigenvalue weighted by molar-refractivity contribution is 5.87. The van der Waals surface area contributed by atoms with Gasteiger partial charge in [0.15, 0.2) is 0 Å². The minimum Gasteiger partial charge on any atom is -0.433 e. The van der Waals surface area contributed by atoms with Crippen LogP contribution in [0.25, 0.3) is 10.9 Å². The van der Waals surface area contributed by atoms with Gasteiger partial charge in [0.25, 0.3) is 0 Å². The minimum atomic E-state index is -0.420. The highest BCUT2D eigenvalue weighted by Gasteiger charge is 2.22. The van der Waals surface area contributed by atoms with E-state index in [2.05, 4.69) is 0 Å². The molecule has 6 nitrogen and oxygen atoms in total. The number of rotatable bonds is 5. The summed E-state index contributed by atoms with van der Waals surface area (Å²) in [6, 6.07) is 12.8. The van der Waals surface area contributed by atoms with E-state index in [1.807, 2.05) is 49.7 Å². The number of fused-ring (bicyclic) bond motifs is 1. The normalized spacial score (nSPS) is 12.3. The number of hydrogen-bond acceptors (Lipinski definition) is 4. The average molecular weight is 339 g/mol. The summed E-state index contributed by atoms with van der Waals surface area (Å²) >= 11 is 0. The van der Waals surface area contributed by atoms with Crippen LogP contribution in [0.2, 0.25) is 0 Å². The average Bonchev–Trinajstić information content (AvgIpc) is 2.82. The van der Waals surface area contributed by atoms with Crippen molar-refractivity contribution in [2.75, 3.05) is 0 Å². The lowest BCUT2D eigenvalue weighted by atomic mass is 10.1. The van der Waals surface area contributed by atoms with Gasteiger partial charge in [-0.15, -0.1) is 0 Å². The van der Waals surface area contributed by atoms with Gasteiger partial charge in [0, 0.05) is 30.1 Å². The number of hydrogen-bond donors (Lipinski definition) is 1. The largest absolute Gasteiger partial charge is 0.433 e. The van der Waals surface area contributed by atoms with Crippen molar-refractivity contribution in [1.29, 1.82) is 0 Å². The van der Waals surface area contributed by atoms with Crippen LogP contribution < -0.4 is 10.5 Å². The SMILES string of the molecule is Cc1ccc(Oc2c(CC(C)N)c3ccccc3n2C)c([N+](=O)[O-])c1. The van der Waals surface area contributed by atoms with E-state index in [-0.39, 0.29) is 17.5 Å². The van der Waals surface area contributed by atoms with E-state index in [4.69, 9.17) is 10.5 Å². The van der Waals surface area contributed by atoms with Gasteiger partial charge in [-0.3, -0.25) is 10.1 Å². The highest BCUT2D eigenvalue weighted by atomic mass is 16.6. The van der Waals surface area contributed by atoms with Crippen molar-refractivity contribution >= 4 is 16.6 Å². The number of nitrogens with zero attached hydrogens (tertiary/aromatic N) is 2. The molecule has 0 bridgehead atoms. The second-order valence-electron chi connectivity index (χ2n) is 6.37. The number of aromatic nitrogens is 1. The zero-order valence-corrected chi connectivity index (χ0v) is 14.5. The van der Waals surface area contributed by atoms with Gasteiger partial charge in [-0.1, -0.05) is 24.3 Å². The lowest BCUT2D eigenvalue weighted by molar-refractivity contribution is -0.385. The fourth-order valence-electron chi connectivity index (χ4n) is 3.06. The predicted molar refractivity (Wildman–Crippen MR) is 98.2 cm³/mol. The standard InChI is InChI=1S/C19H21N3O3/c1-12-8-9-18(17(10-12)22(23)24)25-19-15(11-13(2)20)14-6-4-5-7-16(14)21(19)3/h4-10,13H,11,20H2,1-3H3. The third-order valence-corrected chi connectivity index (χ3v) is 4.20. The van der Waals surface area contributed by atoms with Crippen molar-refractivity contribution in [3.63, 3.8) is 0 Å². The second-order valence-corrected chi connectivity index (χ2v) is 6.37. The van der Waals surface area contributed by atoms with E-state index in [0.717, 1.165) is 22.0 Å². The van der Waals surface area contributed by atoms with E-state index < -0.39 is 4.92 Å². The van der Waals surface area contributed by atoms with Gasteiger partial charge >= 0.3 is 5.69 Å². The van der Waals surface area contributed by atoms with Gasteiger partial charge < -0.3 is 15.0 Å². The summed E-state index contributed by atoms with van der Waals surface area (Å²) in [5.41, 5.74) is 8.74. The lowest BCUT2D eigenvalue weighted by Gasteiger charge is -2.12. The maximum atomic E-state index is 11.4. The molecule has 1 heterocycles. The number of ether oxygens (including phenoxy) is 1. The van der Waals surface area contributed by atoms with Crippen molar-refractivity contribution < 1.29 is 9.66 Å². The fraction of sp³-hybridized carbons (Fsp3) is 0.263. The molecule has 0 aliphatic carbocycles. The summed E-state index contributed by atoms with van der Waals surface area (Å²) in [5, 5.41) is 12.4. The summed E-state index contributed by atoms with van der Waals surface area (Å²) in [7, 11) is 1.89. The Morgan fingerprint density at radius 2 is 2.00 bits per heavy atom. The molecule has 0 radical (unpaired) electrons. The molecule has 1 aromatic heterocycles. The van der Waals surface area contributed by atoms with Crippen LogP contribution in [0.1, 0.15) is 18.1 Å². The highest BCUT2D eigenvalue weighted by Crippen LogP contribution is 2.38. The number of benzene rings is 2. The van der Waals surface area contributed by atoms with Gasteiger partial charge in [-0.05, 0) is 38.0 Å². The summed E-state index contributed by atoms with van der Waals surface area (Å²) in [6.07, 6.45) is 0.621. The minimum absolute atomic E-state index is 0.0444. The summed E-state index contributed by atoms with van der Waals surface area (Å²) in [4.78, 5) is 11.0. The molecule has 1 unspecified atom stereocenters. The molecule has 1 atom stereocenters. The molecule has 0 aliphatic rings. The van der Waals surface area contributed by atoms with Crippen molar-refractivity contribution in [2.24, 2.45) is 12.8 Å². The molecule has 2 N–H and O–H groups in total. The van der Waals surface area contributed by atoms with E-state index in [1.54, 1.807) is 12.1 Å². The van der Waals surface area contributed by atoms with E-state index in [1.165, 1.54) is 6.07 Å². The lowest BCUT2D eigenvalue weighted by Crippen LogP contribution is -2.18. The Morgan fingerprint density at radius 1 is 1.28 bits per heavy atom. The quantitative estimate of drug-likeness (QED) is 0.561. The maximum absolute atomic E-state index is 11.4. The molecule has 25 heavy (non-hydrogen) atoms. The molecule has 130 valence electrons. The zero-order chi connectivity index (χ0) is 18.1. The molecule has 0 saturated heterocycles. The molecular weight excluding hydrogens is 318 g/mol. The van der Waals surface area contributed by atoms with Crippen LogP contribution in [0, 0.1) is 17.0 Å². The molecule has 0 amide bonds. The summed E-state index contributed by atoms with van der Waals surface area (Å²) < 4.78 is 7.95. The topological polar surface area (TPSA) is 83.3 Å². The van der Waals surface area contributed by atoms with Crippen molar-refractivity contribution in [3.8, 4) is 11.6 Å². The van der Waals surface area contributed by atoms with Gasteiger partial charge in [-0.25, -0.2) is 0 Å². The van der Waals surface area contributed by atoms with Crippen LogP contribution in [-0.4, -0.2) is 15.5 Å². The number of para-hydroxylation sites is 1. The van der Waals surface area contributed by atoms with Crippen LogP contribution in [0.5, 0.6) is 11.6 Å². The van der Waals surface area contributed by atoms with Gasteiger partial charge in [0.1, 0.15) is 0 Å². The van der Waals surface area contributed by atoms with Crippen LogP contribution >= 0.6 is 0 Å². The Labute approximate surface area is 146 Å². The maximum Gasteiger partial charge on any atom is 0.311 e. The Balaban J connectivity index is 2.16. The molecule has 0 fully saturated rings. The zero-order valence-electron chi connectivity index (χ0n) is 14.5. The van der Waals surface area contributed by atoms with E-state index in [0.29, 0.717) is 12.3 Å². The molecule has 0 aliphatic heterocycles. The van der Waals surface area contributed by atoms with Crippen molar-refractivity contribution in [1.82, 2.24) is 4.57 Å². The van der Waals surface area contributed by atoms with Gasteiger partial charge in [0.2, 0.25) is 11.6 Å². The molecule has 6 heteroatoms. The first-order valence-electron chi connectivity index (χ1n) is 8.13. The van der Waals surface area contributed by atoms with Crippen LogP contribution in [0.15, 0.2) is 42.5 Å². The third-order valence-electron chi connectivity index (χ3n) is 4.20. The molecule has 0 spiro atoms. The van der Waals surface area contributed by atoms with Crippen molar-refractivity contribution in [2.45, 2.75) is 26.3 Å². The van der Waals surface area contributed by atoms with E-state index >= 15 is 0 Å². The number of nitro benzene ring substituents is 1. The third kappa shape index (κ3) is 3.21. The van der Waals surface area contributed by atoms with Crippen LogP contribution in [0.4, 0.5) is 5.69 Å². The first-order valence-corrected chi connectivity index (χ1v) is 8.13. The van der Waals surface area contributed by atoms with Gasteiger partial charge in [-0.2, -0.15) is 0 Å². The first-order chi connectivity index (χ1) is 11.9. The number of nitrogens with two attached hydrogens (primary N) is 1. The second kappa shape index (κ2) is 6.57. The van der Waals surface area contributed by atoms with E-state index in [9.17, 15) is 10.1 Å². The molecule has 3 aromatic rings. The Bertz CT molecular complexity index is 944. The summed E-state index contributed by atoms with van der Waals surface area (Å²) in [6.45, 7) is 3.75. The van der Waals surface area contributed by atoms with Crippen LogP contribution in [-0.2, 0) is 13.5 Å². The first kappa shape index (κ1) is 17.0. The molecule has 3 rings (SSSR count). The van der Waals surface area contributed by atoms with Crippen molar-refractivity contribution in [3.05, 3.63) is 63.7 Å². The number of aryl methyl sites for hydroxylation is 2. The Kier molecular flexibility index (Phi) is 4.46. The monoisotopic (exact) mass is 339 g/mol. The smallest absolute Gasteiger partial charge is 0.311 e. The summed E-state index contributed by atoms with van der Waals surface area (Å²) in [5.74, 6) is 0.817. The van der Waals surface area contributed by atoms with Crippen LogP contribution in [0.3, 0.4) is 0 Å². The fourth-order valence-corrected chi connectivity index (χ4v) is 3.06. The predicted octanol–water partition coefficient (Wildman–Crippen LogP) is 4.08. The molecule has 2 aromatic carbocycles.